The van der Waals surface area contributed by atoms with Crippen LogP contribution >= 0.6 is 0 Å². The fourth-order valence-electron chi connectivity index (χ4n) is 4.67. The molecule has 0 aromatic carbocycles. The minimum absolute atomic E-state index is 1.10. The van der Waals surface area contributed by atoms with Crippen LogP contribution in [0.4, 0.5) is 0 Å². The fraction of sp³-hybridized carbons (Fsp3) is 0.758. The number of hydrogen-bond acceptors (Lipinski definition) is 5. The van der Waals surface area contributed by atoms with E-state index >= 15 is 0 Å². The highest BCUT2D eigenvalue weighted by molar-refractivity contribution is 5.22. The third-order valence-corrected chi connectivity index (χ3v) is 7.44. The van der Waals surface area contributed by atoms with Gasteiger partial charge in [-0.1, -0.05) is 65.0 Å². The van der Waals surface area contributed by atoms with Crippen molar-refractivity contribution >= 4 is 0 Å². The van der Waals surface area contributed by atoms with Gasteiger partial charge in [0.25, 0.3) is 0 Å². The van der Waals surface area contributed by atoms with Crippen molar-refractivity contribution in [3.63, 3.8) is 0 Å². The summed E-state index contributed by atoms with van der Waals surface area (Å²) in [5, 5.41) is 13.8. The molecule has 0 unspecified atom stereocenters. The number of aryl methyl sites for hydroxylation is 3. The lowest BCUT2D eigenvalue weighted by Crippen LogP contribution is -2.43. The van der Waals surface area contributed by atoms with Crippen molar-refractivity contribution in [2.75, 3.05) is 45.8 Å². The summed E-state index contributed by atoms with van der Waals surface area (Å²) >= 11 is 0. The minimum Gasteiger partial charge on any atom is -0.337 e. The van der Waals surface area contributed by atoms with Crippen LogP contribution in [-0.2, 0) is 13.0 Å². The summed E-state index contributed by atoms with van der Waals surface area (Å²) in [4.78, 5) is 6.48. The van der Waals surface area contributed by atoms with E-state index in [-0.39, 0.29) is 0 Å². The molecule has 2 aliphatic heterocycles. The number of aromatic amines is 1. The zero-order valence-electron chi connectivity index (χ0n) is 27.0. The summed E-state index contributed by atoms with van der Waals surface area (Å²) in [5.41, 5.74) is 5.47. The molecule has 40 heavy (non-hydrogen) atoms. The molecule has 0 radical (unpaired) electrons. The van der Waals surface area contributed by atoms with Crippen molar-refractivity contribution in [2.24, 2.45) is 0 Å². The Labute approximate surface area is 247 Å². The van der Waals surface area contributed by atoms with Crippen LogP contribution in [0.3, 0.4) is 0 Å². The Morgan fingerprint density at radius 2 is 1.48 bits per heavy atom. The molecule has 4 heterocycles. The van der Waals surface area contributed by atoms with Gasteiger partial charge in [0.2, 0.25) is 0 Å². The van der Waals surface area contributed by atoms with E-state index in [1.807, 2.05) is 18.7 Å². The highest BCUT2D eigenvalue weighted by atomic mass is 15.2. The standard InChI is InChI=1S/C9H16N2.C9H17N.C8H18N2.C7H12N2/c1-4-5-6-9-7(2)10-11-8(9)3;1-2-3-4-9-5-7-10-8-6-9;1-2-3-6-10-7-4-9-5-8-10;1-2-3-5-9-6-4-8-7-9/h4-6H2,1-3H3,(H,10,11);5,10H,2-4,6-8H2,1H3;9H,2-8H2,1H3;4,6-7H,2-3,5H2,1H3. The molecule has 2 aromatic rings. The molecule has 0 aliphatic carbocycles. The van der Waals surface area contributed by atoms with Crippen molar-refractivity contribution < 1.29 is 0 Å². The van der Waals surface area contributed by atoms with Gasteiger partial charge in [-0.25, -0.2) is 4.98 Å². The zero-order valence-corrected chi connectivity index (χ0v) is 27.0. The number of unbranched alkanes of at least 4 members (excludes halogenated alkanes) is 4. The van der Waals surface area contributed by atoms with E-state index in [4.69, 9.17) is 0 Å². The molecule has 0 atom stereocenters. The van der Waals surface area contributed by atoms with Gasteiger partial charge < -0.3 is 20.1 Å². The monoisotopic (exact) mass is 558 g/mol. The molecular formula is C33H63N7. The zero-order chi connectivity index (χ0) is 29.3. The number of aromatic nitrogens is 4. The van der Waals surface area contributed by atoms with E-state index in [2.05, 4.69) is 82.9 Å². The quantitative estimate of drug-likeness (QED) is 0.249. The average molecular weight is 558 g/mol. The third-order valence-electron chi connectivity index (χ3n) is 7.44. The lowest BCUT2D eigenvalue weighted by Gasteiger charge is -2.26. The first-order valence-electron chi connectivity index (χ1n) is 16.3. The van der Waals surface area contributed by atoms with Gasteiger partial charge in [0, 0.05) is 57.4 Å². The largest absolute Gasteiger partial charge is 0.337 e. The maximum Gasteiger partial charge on any atom is 0.0945 e. The van der Waals surface area contributed by atoms with Crippen molar-refractivity contribution in [2.45, 2.75) is 119 Å². The molecule has 7 nitrogen and oxygen atoms in total. The van der Waals surface area contributed by atoms with Gasteiger partial charge in [0.1, 0.15) is 0 Å². The van der Waals surface area contributed by atoms with Crippen molar-refractivity contribution in [3.8, 4) is 0 Å². The summed E-state index contributed by atoms with van der Waals surface area (Å²) in [6.07, 6.45) is 22.2. The summed E-state index contributed by atoms with van der Waals surface area (Å²) in [5.74, 6) is 0. The highest BCUT2D eigenvalue weighted by Crippen LogP contribution is 2.13. The Hall–Kier alpha value is -1.96. The maximum atomic E-state index is 4.14. The normalized spacial score (nSPS) is 15.1. The molecule has 4 rings (SSSR count). The van der Waals surface area contributed by atoms with Gasteiger partial charge in [-0.05, 0) is 77.4 Å². The van der Waals surface area contributed by atoms with E-state index in [9.17, 15) is 0 Å². The topological polar surface area (TPSA) is 73.8 Å². The predicted octanol–water partition coefficient (Wildman–Crippen LogP) is 6.84. The molecule has 2 aromatic heterocycles. The van der Waals surface area contributed by atoms with Crippen LogP contribution in [0.15, 0.2) is 30.4 Å². The molecule has 0 saturated carbocycles. The lowest BCUT2D eigenvalue weighted by molar-refractivity contribution is 0.238. The summed E-state index contributed by atoms with van der Waals surface area (Å²) in [6, 6.07) is 0. The Kier molecular flexibility index (Phi) is 22.4. The van der Waals surface area contributed by atoms with Crippen molar-refractivity contribution in [1.82, 2.24) is 35.3 Å². The van der Waals surface area contributed by atoms with Gasteiger partial charge >= 0.3 is 0 Å². The number of imidazole rings is 1. The van der Waals surface area contributed by atoms with Crippen molar-refractivity contribution in [3.05, 3.63) is 47.3 Å². The molecular weight excluding hydrogens is 494 g/mol. The van der Waals surface area contributed by atoms with Crippen LogP contribution in [0.5, 0.6) is 0 Å². The molecule has 2 aliphatic rings. The SMILES string of the molecule is CCCCC1=CCNCC1.CCCCN1CCNCC1.CCCCc1c(C)n[nH]c1C.CCCCn1ccnc1. The molecule has 1 fully saturated rings. The van der Waals surface area contributed by atoms with Gasteiger partial charge in [0.15, 0.2) is 0 Å². The van der Waals surface area contributed by atoms with Crippen LogP contribution < -0.4 is 10.6 Å². The summed E-state index contributed by atoms with van der Waals surface area (Å²) in [6.45, 7) is 22.6. The Morgan fingerprint density at radius 3 is 2.02 bits per heavy atom. The van der Waals surface area contributed by atoms with Crippen LogP contribution in [0.2, 0.25) is 0 Å². The third kappa shape index (κ3) is 17.7. The van der Waals surface area contributed by atoms with Gasteiger partial charge in [-0.2, -0.15) is 5.10 Å². The van der Waals surface area contributed by atoms with E-state index < -0.39 is 0 Å². The highest BCUT2D eigenvalue weighted by Gasteiger charge is 2.07. The average Bonchev–Trinajstić information content (AvgIpc) is 3.64. The molecule has 230 valence electrons. The second kappa shape index (κ2) is 24.8. The molecule has 7 heteroatoms. The van der Waals surface area contributed by atoms with E-state index in [1.54, 1.807) is 5.57 Å². The van der Waals surface area contributed by atoms with Crippen LogP contribution in [0, 0.1) is 13.8 Å². The number of H-pyrrole nitrogens is 1. The molecule has 1 saturated heterocycles. The van der Waals surface area contributed by atoms with Gasteiger partial charge in [0.05, 0.1) is 12.0 Å². The van der Waals surface area contributed by atoms with E-state index in [0.717, 1.165) is 18.8 Å². The summed E-state index contributed by atoms with van der Waals surface area (Å²) < 4.78 is 2.10. The summed E-state index contributed by atoms with van der Waals surface area (Å²) in [7, 11) is 0. The van der Waals surface area contributed by atoms with E-state index in [1.165, 1.54) is 121 Å². The lowest BCUT2D eigenvalue weighted by atomic mass is 10.0. The number of nitrogens with one attached hydrogen (secondary N) is 3. The van der Waals surface area contributed by atoms with Crippen molar-refractivity contribution in [1.29, 1.82) is 0 Å². The van der Waals surface area contributed by atoms with Gasteiger partial charge in [-0.15, -0.1) is 0 Å². The van der Waals surface area contributed by atoms with Gasteiger partial charge in [-0.3, -0.25) is 5.10 Å². The number of hydrogen-bond donors (Lipinski definition) is 3. The Bertz CT molecular complexity index is 816. The number of piperazine rings is 1. The predicted molar refractivity (Wildman–Crippen MR) is 173 cm³/mol. The second-order valence-electron chi connectivity index (χ2n) is 11.0. The molecule has 0 bridgehead atoms. The maximum absolute atomic E-state index is 4.14. The Balaban J connectivity index is 0.000000267. The first-order chi connectivity index (χ1) is 19.5. The molecule has 0 spiro atoms. The van der Waals surface area contributed by atoms with Crippen LogP contribution in [-0.4, -0.2) is 70.5 Å². The Morgan fingerprint density at radius 1 is 0.800 bits per heavy atom. The first kappa shape index (κ1) is 36.1. The fourth-order valence-corrected chi connectivity index (χ4v) is 4.67. The number of nitrogens with zero attached hydrogens (tertiary/aromatic N) is 4. The molecule has 3 N–H and O–H groups in total. The van der Waals surface area contributed by atoms with E-state index in [0.29, 0.717) is 0 Å². The smallest absolute Gasteiger partial charge is 0.0945 e. The first-order valence-corrected chi connectivity index (χ1v) is 16.3. The number of rotatable bonds is 12. The van der Waals surface area contributed by atoms with Crippen LogP contribution in [0.1, 0.15) is 109 Å². The molecule has 0 amide bonds. The van der Waals surface area contributed by atoms with Crippen LogP contribution in [0.25, 0.3) is 0 Å². The minimum atomic E-state index is 1.10. The second-order valence-corrected chi connectivity index (χ2v) is 11.0.